The minimum atomic E-state index is -0.412. The summed E-state index contributed by atoms with van der Waals surface area (Å²) in [5.74, 6) is 0. The molecule has 20 heavy (non-hydrogen) atoms. The van der Waals surface area contributed by atoms with E-state index in [9.17, 15) is 15.2 Å². The van der Waals surface area contributed by atoms with Crippen molar-refractivity contribution in [3.63, 3.8) is 0 Å². The number of nitro groups is 1. The number of hydrogen-bond acceptors (Lipinski definition) is 5. The van der Waals surface area contributed by atoms with E-state index in [1.165, 1.54) is 12.1 Å². The van der Waals surface area contributed by atoms with Gasteiger partial charge in [-0.25, -0.2) is 4.98 Å². The number of hydrogen-bond donors (Lipinski definition) is 1. The Morgan fingerprint density at radius 2 is 2.10 bits per heavy atom. The molecule has 2 aromatic rings. The predicted octanol–water partition coefficient (Wildman–Crippen LogP) is 3.04. The molecule has 1 aliphatic carbocycles. The average Bonchev–Trinajstić information content (AvgIpc) is 2.78. The van der Waals surface area contributed by atoms with Gasteiger partial charge in [0.1, 0.15) is 5.01 Å². The highest BCUT2D eigenvalue weighted by atomic mass is 32.1. The van der Waals surface area contributed by atoms with Crippen LogP contribution in [0.5, 0.6) is 0 Å². The molecule has 5 nitrogen and oxygen atoms in total. The smallest absolute Gasteiger partial charge is 0.269 e. The second-order valence-electron chi connectivity index (χ2n) is 4.60. The lowest BCUT2D eigenvalue weighted by Gasteiger charge is -1.99. The quantitative estimate of drug-likeness (QED) is 0.680. The van der Waals surface area contributed by atoms with Gasteiger partial charge < -0.3 is 5.11 Å². The van der Waals surface area contributed by atoms with Crippen LogP contribution in [0.15, 0.2) is 30.3 Å². The van der Waals surface area contributed by atoms with E-state index in [2.05, 4.69) is 4.98 Å². The van der Waals surface area contributed by atoms with E-state index in [1.54, 1.807) is 29.5 Å². The number of benzene rings is 1. The lowest BCUT2D eigenvalue weighted by Crippen LogP contribution is -2.00. The topological polar surface area (TPSA) is 76.3 Å². The molecule has 0 aliphatic heterocycles. The van der Waals surface area contributed by atoms with Crippen LogP contribution in [0.2, 0.25) is 0 Å². The lowest BCUT2D eigenvalue weighted by atomic mass is 10.2. The van der Waals surface area contributed by atoms with Crippen LogP contribution < -0.4 is 0 Å². The molecule has 3 rings (SSSR count). The molecule has 0 amide bonds. The van der Waals surface area contributed by atoms with E-state index in [1.807, 2.05) is 6.08 Å². The van der Waals surface area contributed by atoms with E-state index < -0.39 is 11.0 Å². The Morgan fingerprint density at radius 1 is 1.35 bits per heavy atom. The number of rotatable bonds is 2. The molecule has 1 aliphatic rings. The van der Waals surface area contributed by atoms with Gasteiger partial charge in [0.25, 0.3) is 5.69 Å². The maximum absolute atomic E-state index is 10.6. The number of aliphatic hydroxyl groups excluding tert-OH is 1. The van der Waals surface area contributed by atoms with Crippen LogP contribution in [0.3, 0.4) is 0 Å². The van der Waals surface area contributed by atoms with E-state index in [4.69, 9.17) is 0 Å². The van der Waals surface area contributed by atoms with Gasteiger partial charge in [-0.2, -0.15) is 0 Å². The van der Waals surface area contributed by atoms with Gasteiger partial charge in [-0.15, -0.1) is 11.3 Å². The number of nitrogens with zero attached hydrogens (tertiary/aromatic N) is 2. The van der Waals surface area contributed by atoms with Crippen LogP contribution in [0.4, 0.5) is 5.69 Å². The normalized spacial score (nSPS) is 17.6. The van der Waals surface area contributed by atoms with Gasteiger partial charge in [0.05, 0.1) is 16.7 Å². The second kappa shape index (κ2) is 5.15. The summed E-state index contributed by atoms with van der Waals surface area (Å²) in [6.07, 6.45) is 4.70. The van der Waals surface area contributed by atoms with Crippen molar-refractivity contribution in [2.45, 2.75) is 18.9 Å². The summed E-state index contributed by atoms with van der Waals surface area (Å²) >= 11 is 1.57. The number of non-ortho nitro benzene ring substituents is 1. The summed E-state index contributed by atoms with van der Waals surface area (Å²) in [5, 5.41) is 21.1. The first-order valence-corrected chi connectivity index (χ1v) is 7.06. The number of aromatic nitrogens is 1. The predicted molar refractivity (Wildman–Crippen MR) is 77.6 cm³/mol. The molecular weight excluding hydrogens is 276 g/mol. The summed E-state index contributed by atoms with van der Waals surface area (Å²) in [6, 6.07) is 6.41. The number of thiazole rings is 1. The van der Waals surface area contributed by atoms with E-state index >= 15 is 0 Å². The molecule has 1 N–H and O–H groups in total. The number of aliphatic hydroxyl groups is 1. The monoisotopic (exact) mass is 288 g/mol. The molecule has 1 aromatic heterocycles. The number of fused-ring (bicyclic) bond motifs is 1. The first-order chi connectivity index (χ1) is 9.63. The van der Waals surface area contributed by atoms with Crippen molar-refractivity contribution < 1.29 is 10.0 Å². The summed E-state index contributed by atoms with van der Waals surface area (Å²) in [5.41, 5.74) is 1.84. The Morgan fingerprint density at radius 3 is 2.80 bits per heavy atom. The number of aryl methyl sites for hydroxylation is 1. The minimum Gasteiger partial charge on any atom is -0.389 e. The van der Waals surface area contributed by atoms with Crippen molar-refractivity contribution in [3.05, 3.63) is 51.0 Å². The Kier molecular flexibility index (Phi) is 3.33. The van der Waals surface area contributed by atoms with Gasteiger partial charge in [0.15, 0.2) is 0 Å². The maximum Gasteiger partial charge on any atom is 0.269 e. The molecule has 102 valence electrons. The summed E-state index contributed by atoms with van der Waals surface area (Å²) < 4.78 is 0. The minimum absolute atomic E-state index is 0.0786. The van der Waals surface area contributed by atoms with E-state index in [0.29, 0.717) is 6.42 Å². The van der Waals surface area contributed by atoms with Gasteiger partial charge in [-0.05, 0) is 31.1 Å². The van der Waals surface area contributed by atoms with Crippen molar-refractivity contribution in [3.8, 4) is 10.6 Å². The van der Waals surface area contributed by atoms with Gasteiger partial charge in [-0.3, -0.25) is 10.1 Å². The first kappa shape index (κ1) is 13.0. The Balaban J connectivity index is 1.93. The lowest BCUT2D eigenvalue weighted by molar-refractivity contribution is -0.384. The molecule has 1 atom stereocenters. The van der Waals surface area contributed by atoms with Gasteiger partial charge in [0.2, 0.25) is 0 Å². The van der Waals surface area contributed by atoms with Crippen molar-refractivity contribution in [1.29, 1.82) is 0 Å². The third kappa shape index (κ3) is 2.48. The molecule has 0 radical (unpaired) electrons. The molecule has 1 heterocycles. The SMILES string of the molecule is O=[N+]([O-])c1ccc(-c2nc3c(s2)CCC(O)C=C3)cc1. The van der Waals surface area contributed by atoms with Crippen LogP contribution in [-0.4, -0.2) is 21.1 Å². The fourth-order valence-electron chi connectivity index (χ4n) is 2.10. The zero-order chi connectivity index (χ0) is 14.1. The molecule has 6 heteroatoms. The molecule has 0 fully saturated rings. The third-order valence-electron chi connectivity index (χ3n) is 3.20. The molecule has 0 saturated heterocycles. The Bertz CT molecular complexity index is 676. The molecule has 1 aromatic carbocycles. The van der Waals surface area contributed by atoms with E-state index in [-0.39, 0.29) is 5.69 Å². The van der Waals surface area contributed by atoms with Crippen molar-refractivity contribution in [1.82, 2.24) is 4.98 Å². The average molecular weight is 288 g/mol. The third-order valence-corrected chi connectivity index (χ3v) is 4.38. The highest BCUT2D eigenvalue weighted by Gasteiger charge is 2.15. The van der Waals surface area contributed by atoms with Crippen LogP contribution >= 0.6 is 11.3 Å². The maximum atomic E-state index is 10.6. The molecule has 1 unspecified atom stereocenters. The largest absolute Gasteiger partial charge is 0.389 e. The first-order valence-electron chi connectivity index (χ1n) is 6.24. The van der Waals surface area contributed by atoms with Crippen molar-refractivity contribution in [2.24, 2.45) is 0 Å². The number of nitro benzene ring substituents is 1. The Labute approximate surface area is 119 Å². The summed E-state index contributed by atoms with van der Waals surface area (Å²) in [7, 11) is 0. The zero-order valence-corrected chi connectivity index (χ0v) is 11.3. The molecule has 0 bridgehead atoms. The highest BCUT2D eigenvalue weighted by Crippen LogP contribution is 2.32. The van der Waals surface area contributed by atoms with Gasteiger partial charge in [0, 0.05) is 22.6 Å². The highest BCUT2D eigenvalue weighted by molar-refractivity contribution is 7.15. The zero-order valence-electron chi connectivity index (χ0n) is 10.5. The molecule has 0 saturated carbocycles. The van der Waals surface area contributed by atoms with Crippen molar-refractivity contribution in [2.75, 3.05) is 0 Å². The van der Waals surface area contributed by atoms with E-state index in [0.717, 1.165) is 27.6 Å². The fourth-order valence-corrected chi connectivity index (χ4v) is 3.17. The van der Waals surface area contributed by atoms with Crippen LogP contribution in [-0.2, 0) is 6.42 Å². The van der Waals surface area contributed by atoms with Crippen molar-refractivity contribution >= 4 is 23.1 Å². The standard InChI is InChI=1S/C14H12N2O3S/c17-11-5-7-12-13(8-6-11)20-14(15-12)9-1-3-10(4-2-9)16(18)19/h1-5,7,11,17H,6,8H2. The van der Waals surface area contributed by atoms with Gasteiger partial charge >= 0.3 is 0 Å². The fraction of sp³-hybridized carbons (Fsp3) is 0.214. The summed E-state index contributed by atoms with van der Waals surface area (Å²) in [6.45, 7) is 0. The molecular formula is C14H12N2O3S. The van der Waals surface area contributed by atoms with Crippen LogP contribution in [0.1, 0.15) is 17.0 Å². The van der Waals surface area contributed by atoms with Crippen LogP contribution in [0.25, 0.3) is 16.6 Å². The summed E-state index contributed by atoms with van der Waals surface area (Å²) in [4.78, 5) is 15.9. The van der Waals surface area contributed by atoms with Gasteiger partial charge in [-0.1, -0.05) is 6.08 Å². The molecule has 0 spiro atoms. The Hall–Kier alpha value is -2.05. The second-order valence-corrected chi connectivity index (χ2v) is 5.68. The van der Waals surface area contributed by atoms with Crippen LogP contribution in [0, 0.1) is 10.1 Å².